The van der Waals surface area contributed by atoms with Crippen molar-refractivity contribution >= 4 is 23.1 Å². The summed E-state index contributed by atoms with van der Waals surface area (Å²) < 4.78 is 16.4. The SMILES string of the molecule is CCOc1ccc(C2=C(Nc3ccc4c(c3)OCO4)C(=O)N(Cc3ccc(C)cc3)C2=O)cc1. The molecule has 2 amide bonds. The van der Waals surface area contributed by atoms with E-state index in [0.717, 1.165) is 11.1 Å². The van der Waals surface area contributed by atoms with Crippen LogP contribution in [-0.2, 0) is 16.1 Å². The van der Waals surface area contributed by atoms with Gasteiger partial charge in [0.2, 0.25) is 6.79 Å². The van der Waals surface area contributed by atoms with Crippen molar-refractivity contribution in [3.8, 4) is 17.2 Å². The maximum Gasteiger partial charge on any atom is 0.278 e. The number of benzene rings is 3. The van der Waals surface area contributed by atoms with Gasteiger partial charge in [0.05, 0.1) is 18.7 Å². The fraction of sp³-hybridized carbons (Fsp3) is 0.185. The third-order valence-corrected chi connectivity index (χ3v) is 5.73. The van der Waals surface area contributed by atoms with E-state index in [1.807, 2.05) is 38.1 Å². The van der Waals surface area contributed by atoms with Gasteiger partial charge in [0.1, 0.15) is 11.4 Å². The molecule has 0 atom stereocenters. The van der Waals surface area contributed by atoms with Crippen LogP contribution in [0, 0.1) is 6.92 Å². The number of hydrogen-bond donors (Lipinski definition) is 1. The van der Waals surface area contributed by atoms with E-state index in [1.54, 1.807) is 42.5 Å². The second kappa shape index (κ2) is 8.94. The molecule has 2 aliphatic heterocycles. The molecule has 0 aliphatic carbocycles. The third-order valence-electron chi connectivity index (χ3n) is 5.73. The van der Waals surface area contributed by atoms with Gasteiger partial charge in [-0.15, -0.1) is 0 Å². The first-order chi connectivity index (χ1) is 16.5. The topological polar surface area (TPSA) is 77.1 Å². The first-order valence-electron chi connectivity index (χ1n) is 11.1. The lowest BCUT2D eigenvalue weighted by molar-refractivity contribution is -0.137. The molecule has 2 aliphatic rings. The van der Waals surface area contributed by atoms with E-state index in [2.05, 4.69) is 5.32 Å². The Hall–Kier alpha value is -4.26. The average Bonchev–Trinajstić information content (AvgIpc) is 3.40. The van der Waals surface area contributed by atoms with Crippen LogP contribution in [0.1, 0.15) is 23.6 Å². The van der Waals surface area contributed by atoms with Crippen molar-refractivity contribution in [2.24, 2.45) is 0 Å². The van der Waals surface area contributed by atoms with Crippen molar-refractivity contribution in [2.75, 3.05) is 18.7 Å². The minimum atomic E-state index is -0.382. The quantitative estimate of drug-likeness (QED) is 0.527. The number of hydrogen-bond acceptors (Lipinski definition) is 6. The molecule has 0 saturated carbocycles. The molecule has 1 N–H and O–H groups in total. The molecule has 0 saturated heterocycles. The molecule has 3 aromatic rings. The molecule has 5 rings (SSSR count). The van der Waals surface area contributed by atoms with E-state index in [-0.39, 0.29) is 30.8 Å². The number of ether oxygens (including phenoxy) is 3. The number of anilines is 1. The smallest absolute Gasteiger partial charge is 0.278 e. The Labute approximate surface area is 197 Å². The monoisotopic (exact) mass is 456 g/mol. The highest BCUT2D eigenvalue weighted by Gasteiger charge is 2.39. The van der Waals surface area contributed by atoms with Crippen molar-refractivity contribution in [3.05, 3.63) is 89.1 Å². The van der Waals surface area contributed by atoms with Crippen LogP contribution in [0.25, 0.3) is 5.57 Å². The van der Waals surface area contributed by atoms with Crippen molar-refractivity contribution in [1.29, 1.82) is 0 Å². The van der Waals surface area contributed by atoms with Gasteiger partial charge in [-0.25, -0.2) is 0 Å². The summed E-state index contributed by atoms with van der Waals surface area (Å²) >= 11 is 0. The first kappa shape index (κ1) is 21.6. The van der Waals surface area contributed by atoms with E-state index in [4.69, 9.17) is 14.2 Å². The second-order valence-corrected chi connectivity index (χ2v) is 8.08. The molecular formula is C27H24N2O5. The van der Waals surface area contributed by atoms with Crippen molar-refractivity contribution in [1.82, 2.24) is 4.90 Å². The van der Waals surface area contributed by atoms with Gasteiger partial charge in [-0.3, -0.25) is 14.5 Å². The Morgan fingerprint density at radius 2 is 1.65 bits per heavy atom. The van der Waals surface area contributed by atoms with Crippen LogP contribution >= 0.6 is 0 Å². The Morgan fingerprint density at radius 3 is 2.38 bits per heavy atom. The van der Waals surface area contributed by atoms with Gasteiger partial charge in [0, 0.05) is 11.8 Å². The molecule has 0 fully saturated rings. The predicted molar refractivity (Wildman–Crippen MR) is 127 cm³/mol. The van der Waals surface area contributed by atoms with Crippen LogP contribution in [0.4, 0.5) is 5.69 Å². The van der Waals surface area contributed by atoms with E-state index in [9.17, 15) is 9.59 Å². The van der Waals surface area contributed by atoms with Crippen LogP contribution in [-0.4, -0.2) is 30.1 Å². The number of rotatable bonds is 7. The number of aryl methyl sites for hydroxylation is 1. The molecule has 0 aromatic heterocycles. The van der Waals surface area contributed by atoms with Crippen molar-refractivity contribution < 1.29 is 23.8 Å². The zero-order valence-electron chi connectivity index (χ0n) is 19.0. The van der Waals surface area contributed by atoms with Crippen LogP contribution in [0.2, 0.25) is 0 Å². The average molecular weight is 456 g/mol. The summed E-state index contributed by atoms with van der Waals surface area (Å²) in [5, 5.41) is 3.16. The molecule has 7 nitrogen and oxygen atoms in total. The Kier molecular flexibility index (Phi) is 5.67. The van der Waals surface area contributed by atoms with Gasteiger partial charge in [0.25, 0.3) is 11.8 Å². The molecule has 0 unspecified atom stereocenters. The van der Waals surface area contributed by atoms with Crippen LogP contribution < -0.4 is 19.5 Å². The number of amides is 2. The summed E-state index contributed by atoms with van der Waals surface area (Å²) in [7, 11) is 0. The minimum absolute atomic E-state index is 0.153. The third kappa shape index (κ3) is 4.08. The lowest BCUT2D eigenvalue weighted by atomic mass is 10.0. The molecule has 3 aromatic carbocycles. The molecule has 2 heterocycles. The number of imide groups is 1. The maximum absolute atomic E-state index is 13.5. The van der Waals surface area contributed by atoms with E-state index in [0.29, 0.717) is 40.7 Å². The standard InChI is InChI=1S/C27H24N2O5/c1-3-32-21-11-8-19(9-12-21)24-25(28-20-10-13-22-23(14-20)34-16-33-22)27(31)29(26(24)30)15-18-6-4-17(2)5-7-18/h4-14,28H,3,15-16H2,1-2H3. The summed E-state index contributed by atoms with van der Waals surface area (Å²) in [6.07, 6.45) is 0. The lowest BCUT2D eigenvalue weighted by Crippen LogP contribution is -2.32. The van der Waals surface area contributed by atoms with Gasteiger partial charge in [-0.05, 0) is 49.2 Å². The van der Waals surface area contributed by atoms with Gasteiger partial charge >= 0.3 is 0 Å². The Balaban J connectivity index is 1.51. The summed E-state index contributed by atoms with van der Waals surface area (Å²) in [5.41, 5.74) is 3.79. The summed E-state index contributed by atoms with van der Waals surface area (Å²) in [6, 6.07) is 20.3. The van der Waals surface area contributed by atoms with Gasteiger partial charge in [-0.1, -0.05) is 42.0 Å². The molecule has 0 bridgehead atoms. The fourth-order valence-corrected chi connectivity index (χ4v) is 3.98. The van der Waals surface area contributed by atoms with E-state index >= 15 is 0 Å². The summed E-state index contributed by atoms with van der Waals surface area (Å²) in [4.78, 5) is 28.3. The summed E-state index contributed by atoms with van der Waals surface area (Å²) in [6.45, 7) is 4.78. The highest BCUT2D eigenvalue weighted by atomic mass is 16.7. The summed E-state index contributed by atoms with van der Waals surface area (Å²) in [5.74, 6) is 1.19. The zero-order chi connectivity index (χ0) is 23.7. The molecule has 7 heteroatoms. The Morgan fingerprint density at radius 1 is 0.912 bits per heavy atom. The van der Waals surface area contributed by atoms with Crippen LogP contribution in [0.15, 0.2) is 72.4 Å². The lowest BCUT2D eigenvalue weighted by Gasteiger charge is -2.15. The largest absolute Gasteiger partial charge is 0.494 e. The van der Waals surface area contributed by atoms with Gasteiger partial charge in [0.15, 0.2) is 11.5 Å². The zero-order valence-corrected chi connectivity index (χ0v) is 19.0. The van der Waals surface area contributed by atoms with Crippen molar-refractivity contribution in [2.45, 2.75) is 20.4 Å². The fourth-order valence-electron chi connectivity index (χ4n) is 3.98. The number of fused-ring (bicyclic) bond motifs is 1. The minimum Gasteiger partial charge on any atom is -0.494 e. The first-order valence-corrected chi connectivity index (χ1v) is 11.1. The number of carbonyl (C=O) groups excluding carboxylic acids is 2. The van der Waals surface area contributed by atoms with Gasteiger partial charge in [-0.2, -0.15) is 0 Å². The molecule has 34 heavy (non-hydrogen) atoms. The van der Waals surface area contributed by atoms with Crippen LogP contribution in [0.5, 0.6) is 17.2 Å². The highest BCUT2D eigenvalue weighted by molar-refractivity contribution is 6.36. The number of nitrogens with zero attached hydrogens (tertiary/aromatic N) is 1. The molecular weight excluding hydrogens is 432 g/mol. The Bertz CT molecular complexity index is 1280. The normalized spacial score (nSPS) is 14.7. The van der Waals surface area contributed by atoms with Crippen LogP contribution in [0.3, 0.4) is 0 Å². The van der Waals surface area contributed by atoms with Crippen molar-refractivity contribution in [3.63, 3.8) is 0 Å². The molecule has 172 valence electrons. The number of carbonyl (C=O) groups is 2. The number of nitrogens with one attached hydrogen (secondary N) is 1. The van der Waals surface area contributed by atoms with E-state index in [1.165, 1.54) is 4.90 Å². The van der Waals surface area contributed by atoms with E-state index < -0.39 is 0 Å². The second-order valence-electron chi connectivity index (χ2n) is 8.08. The highest BCUT2D eigenvalue weighted by Crippen LogP contribution is 2.37. The van der Waals surface area contributed by atoms with Gasteiger partial charge < -0.3 is 19.5 Å². The predicted octanol–water partition coefficient (Wildman–Crippen LogP) is 4.51. The molecule has 0 spiro atoms. The molecule has 0 radical (unpaired) electrons. The maximum atomic E-state index is 13.5.